The number of rotatable bonds is 8. The summed E-state index contributed by atoms with van der Waals surface area (Å²) in [7, 11) is 1.65. The SMILES string of the molecule is CCCCOc1ncc(NC(=O)C2(c3ccc(OC)cc3)CCCC2)cc1C. The van der Waals surface area contributed by atoms with Crippen molar-refractivity contribution in [3.8, 4) is 11.6 Å². The minimum atomic E-state index is -0.490. The van der Waals surface area contributed by atoms with Gasteiger partial charge in [0.05, 0.1) is 31.0 Å². The van der Waals surface area contributed by atoms with Crippen molar-refractivity contribution in [3.05, 3.63) is 47.7 Å². The Labute approximate surface area is 167 Å². The highest BCUT2D eigenvalue weighted by Gasteiger charge is 2.42. The van der Waals surface area contributed by atoms with E-state index in [1.807, 2.05) is 37.3 Å². The van der Waals surface area contributed by atoms with E-state index in [2.05, 4.69) is 17.2 Å². The Morgan fingerprint density at radius 1 is 1.21 bits per heavy atom. The summed E-state index contributed by atoms with van der Waals surface area (Å²) < 4.78 is 11.0. The number of nitrogens with zero attached hydrogens (tertiary/aromatic N) is 1. The topological polar surface area (TPSA) is 60.5 Å². The summed E-state index contributed by atoms with van der Waals surface area (Å²) in [4.78, 5) is 17.7. The van der Waals surface area contributed by atoms with Crippen LogP contribution < -0.4 is 14.8 Å². The van der Waals surface area contributed by atoms with Gasteiger partial charge in [-0.3, -0.25) is 4.79 Å². The average molecular weight is 383 g/mol. The zero-order chi connectivity index (χ0) is 20.0. The van der Waals surface area contributed by atoms with Crippen molar-refractivity contribution in [2.45, 2.75) is 57.8 Å². The van der Waals surface area contributed by atoms with Gasteiger partial charge in [0.25, 0.3) is 0 Å². The van der Waals surface area contributed by atoms with Crippen molar-refractivity contribution < 1.29 is 14.3 Å². The van der Waals surface area contributed by atoms with E-state index >= 15 is 0 Å². The molecule has 0 radical (unpaired) electrons. The number of carbonyl (C=O) groups excluding carboxylic acids is 1. The second-order valence-corrected chi connectivity index (χ2v) is 7.52. The Bertz CT molecular complexity index is 796. The molecule has 1 aliphatic rings. The van der Waals surface area contributed by atoms with Crippen molar-refractivity contribution >= 4 is 11.6 Å². The largest absolute Gasteiger partial charge is 0.497 e. The van der Waals surface area contributed by atoms with E-state index in [0.717, 1.165) is 55.4 Å². The third-order valence-electron chi connectivity index (χ3n) is 5.56. The first-order valence-corrected chi connectivity index (χ1v) is 10.1. The number of pyridine rings is 1. The van der Waals surface area contributed by atoms with Crippen LogP contribution in [0.1, 0.15) is 56.6 Å². The summed E-state index contributed by atoms with van der Waals surface area (Å²) >= 11 is 0. The molecule has 1 saturated carbocycles. The zero-order valence-electron chi connectivity index (χ0n) is 17.1. The molecule has 2 aromatic rings. The monoisotopic (exact) mass is 382 g/mol. The Morgan fingerprint density at radius 2 is 1.93 bits per heavy atom. The molecule has 1 heterocycles. The van der Waals surface area contributed by atoms with Crippen LogP contribution in [-0.2, 0) is 10.2 Å². The number of nitrogens with one attached hydrogen (secondary N) is 1. The first-order valence-electron chi connectivity index (χ1n) is 10.1. The Morgan fingerprint density at radius 3 is 2.54 bits per heavy atom. The molecule has 28 heavy (non-hydrogen) atoms. The second kappa shape index (κ2) is 9.09. The maximum Gasteiger partial charge on any atom is 0.235 e. The Balaban J connectivity index is 1.76. The predicted octanol–water partition coefficient (Wildman–Crippen LogP) is 5.03. The number of carbonyl (C=O) groups is 1. The number of hydrogen-bond acceptors (Lipinski definition) is 4. The van der Waals surface area contributed by atoms with Gasteiger partial charge in [0.1, 0.15) is 5.75 Å². The fourth-order valence-electron chi connectivity index (χ4n) is 3.88. The number of amides is 1. The van der Waals surface area contributed by atoms with Crippen LogP contribution in [-0.4, -0.2) is 24.6 Å². The zero-order valence-corrected chi connectivity index (χ0v) is 17.1. The number of unbranched alkanes of at least 4 members (excludes halogenated alkanes) is 1. The van der Waals surface area contributed by atoms with Gasteiger partial charge in [0.15, 0.2) is 0 Å². The molecular formula is C23H30N2O3. The van der Waals surface area contributed by atoms with Gasteiger partial charge in [0.2, 0.25) is 11.8 Å². The Kier molecular flexibility index (Phi) is 6.55. The lowest BCUT2D eigenvalue weighted by Gasteiger charge is -2.28. The van der Waals surface area contributed by atoms with Crippen LogP contribution in [0, 0.1) is 6.92 Å². The van der Waals surface area contributed by atoms with Crippen LogP contribution in [0.2, 0.25) is 0 Å². The van der Waals surface area contributed by atoms with Crippen LogP contribution in [0.5, 0.6) is 11.6 Å². The van der Waals surface area contributed by atoms with Crippen molar-refractivity contribution in [3.63, 3.8) is 0 Å². The number of anilines is 1. The van der Waals surface area contributed by atoms with Crippen molar-refractivity contribution in [1.82, 2.24) is 4.98 Å². The molecule has 0 unspecified atom stereocenters. The molecule has 5 nitrogen and oxygen atoms in total. The van der Waals surface area contributed by atoms with Crippen LogP contribution in [0.25, 0.3) is 0 Å². The normalized spacial score (nSPS) is 15.2. The number of hydrogen-bond donors (Lipinski definition) is 1. The molecule has 0 spiro atoms. The smallest absolute Gasteiger partial charge is 0.235 e. The van der Waals surface area contributed by atoms with E-state index in [-0.39, 0.29) is 5.91 Å². The number of benzene rings is 1. The van der Waals surface area contributed by atoms with Crippen molar-refractivity contribution in [2.75, 3.05) is 19.0 Å². The summed E-state index contributed by atoms with van der Waals surface area (Å²) in [5.74, 6) is 1.48. The number of aryl methyl sites for hydroxylation is 1. The van der Waals surface area contributed by atoms with E-state index in [0.29, 0.717) is 18.2 Å². The quantitative estimate of drug-likeness (QED) is 0.651. The highest BCUT2D eigenvalue weighted by Crippen LogP contribution is 2.42. The van der Waals surface area contributed by atoms with E-state index in [1.165, 1.54) is 0 Å². The highest BCUT2D eigenvalue weighted by molar-refractivity contribution is 5.99. The van der Waals surface area contributed by atoms with E-state index in [1.54, 1.807) is 13.3 Å². The minimum absolute atomic E-state index is 0.0380. The lowest BCUT2D eigenvalue weighted by Crippen LogP contribution is -2.38. The number of methoxy groups -OCH3 is 1. The third-order valence-corrected chi connectivity index (χ3v) is 5.56. The molecule has 0 atom stereocenters. The molecule has 1 fully saturated rings. The van der Waals surface area contributed by atoms with Crippen LogP contribution >= 0.6 is 0 Å². The van der Waals surface area contributed by atoms with E-state index in [9.17, 15) is 4.79 Å². The fraction of sp³-hybridized carbons (Fsp3) is 0.478. The molecule has 150 valence electrons. The van der Waals surface area contributed by atoms with Gasteiger partial charge >= 0.3 is 0 Å². The summed E-state index contributed by atoms with van der Waals surface area (Å²) in [6.45, 7) is 4.75. The molecule has 0 aliphatic heterocycles. The molecule has 1 amide bonds. The van der Waals surface area contributed by atoms with E-state index < -0.39 is 5.41 Å². The molecular weight excluding hydrogens is 352 g/mol. The first-order chi connectivity index (χ1) is 13.6. The lowest BCUT2D eigenvalue weighted by molar-refractivity contribution is -0.121. The van der Waals surface area contributed by atoms with E-state index in [4.69, 9.17) is 9.47 Å². The standard InChI is InChI=1S/C23H30N2O3/c1-4-5-14-28-21-17(2)15-19(16-24-21)25-22(26)23(12-6-7-13-23)18-8-10-20(27-3)11-9-18/h8-11,15-16H,4-7,12-14H2,1-3H3,(H,25,26). The number of ether oxygens (including phenoxy) is 2. The average Bonchev–Trinajstić information content (AvgIpc) is 3.21. The van der Waals surface area contributed by atoms with Gasteiger partial charge in [-0.05, 0) is 49.9 Å². The molecule has 1 N–H and O–H groups in total. The van der Waals surface area contributed by atoms with Gasteiger partial charge in [-0.25, -0.2) is 4.98 Å². The maximum absolute atomic E-state index is 13.3. The fourth-order valence-corrected chi connectivity index (χ4v) is 3.88. The maximum atomic E-state index is 13.3. The van der Waals surface area contributed by atoms with Gasteiger partial charge in [0, 0.05) is 5.56 Å². The Hall–Kier alpha value is -2.56. The molecule has 0 bridgehead atoms. The minimum Gasteiger partial charge on any atom is -0.497 e. The van der Waals surface area contributed by atoms with Crippen molar-refractivity contribution in [2.24, 2.45) is 0 Å². The summed E-state index contributed by atoms with van der Waals surface area (Å²) in [6.07, 6.45) is 7.60. The van der Waals surface area contributed by atoms with Gasteiger partial charge in [-0.15, -0.1) is 0 Å². The molecule has 5 heteroatoms. The lowest BCUT2D eigenvalue weighted by atomic mass is 9.78. The molecule has 3 rings (SSSR count). The number of aromatic nitrogens is 1. The van der Waals surface area contributed by atoms with Crippen LogP contribution in [0.4, 0.5) is 5.69 Å². The first kappa shape index (κ1) is 20.2. The van der Waals surface area contributed by atoms with Crippen molar-refractivity contribution in [1.29, 1.82) is 0 Å². The highest BCUT2D eigenvalue weighted by atomic mass is 16.5. The summed E-state index contributed by atoms with van der Waals surface area (Å²) in [6, 6.07) is 9.81. The van der Waals surface area contributed by atoms with Crippen LogP contribution in [0.3, 0.4) is 0 Å². The van der Waals surface area contributed by atoms with Gasteiger partial charge < -0.3 is 14.8 Å². The predicted molar refractivity (Wildman–Crippen MR) is 111 cm³/mol. The second-order valence-electron chi connectivity index (χ2n) is 7.52. The molecule has 1 aliphatic carbocycles. The third kappa shape index (κ3) is 4.29. The molecule has 1 aromatic carbocycles. The summed E-state index contributed by atoms with van der Waals surface area (Å²) in [5, 5.41) is 3.10. The van der Waals surface area contributed by atoms with Gasteiger partial charge in [-0.2, -0.15) is 0 Å². The summed E-state index contributed by atoms with van der Waals surface area (Å²) in [5.41, 5.74) is 2.20. The molecule has 1 aromatic heterocycles. The molecule has 0 saturated heterocycles. The van der Waals surface area contributed by atoms with Gasteiger partial charge in [-0.1, -0.05) is 38.3 Å². The van der Waals surface area contributed by atoms with Crippen LogP contribution in [0.15, 0.2) is 36.5 Å².